The first-order valence-electron chi connectivity index (χ1n) is 7.17. The van der Waals surface area contributed by atoms with Gasteiger partial charge in [0, 0.05) is 25.0 Å². The third-order valence-corrected chi connectivity index (χ3v) is 4.43. The number of amides is 1. The van der Waals surface area contributed by atoms with Crippen molar-refractivity contribution in [2.24, 2.45) is 0 Å². The molecule has 23 heavy (non-hydrogen) atoms. The maximum Gasteiger partial charge on any atom is 0.271 e. The molecule has 2 aromatic carbocycles. The van der Waals surface area contributed by atoms with Gasteiger partial charge in [0.1, 0.15) is 11.5 Å². The third-order valence-electron chi connectivity index (χ3n) is 4.43. The molecule has 0 aromatic heterocycles. The van der Waals surface area contributed by atoms with Gasteiger partial charge in [-0.1, -0.05) is 12.1 Å². The summed E-state index contributed by atoms with van der Waals surface area (Å²) in [5.41, 5.74) is 1.06. The van der Waals surface area contributed by atoms with Crippen LogP contribution in [-0.4, -0.2) is 10.8 Å². The Hall–Kier alpha value is -2.96. The number of nitrogens with zero attached hydrogens (tertiary/aromatic N) is 2. The summed E-state index contributed by atoms with van der Waals surface area (Å²) in [5.74, 6) is -0.415. The van der Waals surface area contributed by atoms with Crippen molar-refractivity contribution < 1.29 is 14.1 Å². The Morgan fingerprint density at radius 1 is 1.22 bits per heavy atom. The molecule has 1 amide bonds. The van der Waals surface area contributed by atoms with Gasteiger partial charge in [0.05, 0.1) is 16.3 Å². The van der Waals surface area contributed by atoms with Crippen molar-refractivity contribution in [3.05, 3.63) is 64.0 Å². The topological polar surface area (TPSA) is 75.5 Å². The van der Waals surface area contributed by atoms with Gasteiger partial charge in [-0.05, 0) is 23.8 Å². The standard InChI is InChI=1S/C16H12FN3O3/c17-11-3-1-10(2-4-11)16-8-7-15(21)19(16)14-6-5-12(20(22)23)9-13(14)18-16/h1-6,9,18H,7-8H2. The first-order chi connectivity index (χ1) is 11.0. The molecule has 116 valence electrons. The van der Waals surface area contributed by atoms with Gasteiger partial charge in [-0.15, -0.1) is 0 Å². The monoisotopic (exact) mass is 313 g/mol. The van der Waals surface area contributed by atoms with E-state index in [1.54, 1.807) is 23.1 Å². The zero-order valence-electron chi connectivity index (χ0n) is 12.0. The Labute approximate surface area is 130 Å². The predicted molar refractivity (Wildman–Crippen MR) is 81.5 cm³/mol. The van der Waals surface area contributed by atoms with Crippen LogP contribution in [0.25, 0.3) is 0 Å². The van der Waals surface area contributed by atoms with Crippen molar-refractivity contribution in [1.29, 1.82) is 0 Å². The van der Waals surface area contributed by atoms with Crippen molar-refractivity contribution in [3.63, 3.8) is 0 Å². The average Bonchev–Trinajstić information content (AvgIpc) is 3.03. The highest BCUT2D eigenvalue weighted by Crippen LogP contribution is 2.52. The Morgan fingerprint density at radius 2 is 1.96 bits per heavy atom. The Bertz CT molecular complexity index is 837. The molecule has 2 aromatic rings. The molecule has 0 aliphatic carbocycles. The molecule has 0 saturated carbocycles. The molecule has 6 nitrogen and oxygen atoms in total. The molecule has 1 saturated heterocycles. The minimum absolute atomic E-state index is 0.0425. The largest absolute Gasteiger partial charge is 0.357 e. The maximum atomic E-state index is 13.2. The molecule has 0 radical (unpaired) electrons. The molecule has 1 unspecified atom stereocenters. The zero-order valence-corrected chi connectivity index (χ0v) is 12.0. The first-order valence-corrected chi connectivity index (χ1v) is 7.17. The van der Waals surface area contributed by atoms with Crippen molar-refractivity contribution in [3.8, 4) is 0 Å². The van der Waals surface area contributed by atoms with Crippen molar-refractivity contribution in [2.75, 3.05) is 10.2 Å². The second-order valence-electron chi connectivity index (χ2n) is 5.68. The summed E-state index contributed by atoms with van der Waals surface area (Å²) >= 11 is 0. The summed E-state index contributed by atoms with van der Waals surface area (Å²) in [5, 5.41) is 14.2. The van der Waals surface area contributed by atoms with Crippen LogP contribution in [0.5, 0.6) is 0 Å². The number of hydrogen-bond acceptors (Lipinski definition) is 4. The highest BCUT2D eigenvalue weighted by molar-refractivity contribution is 6.04. The molecule has 2 aliphatic rings. The fraction of sp³-hybridized carbons (Fsp3) is 0.188. The van der Waals surface area contributed by atoms with E-state index in [0.29, 0.717) is 24.2 Å². The van der Waals surface area contributed by atoms with Crippen molar-refractivity contribution in [1.82, 2.24) is 0 Å². The highest BCUT2D eigenvalue weighted by atomic mass is 19.1. The number of nitrogens with one attached hydrogen (secondary N) is 1. The lowest BCUT2D eigenvalue weighted by Gasteiger charge is -2.32. The number of non-ortho nitro benzene ring substituents is 1. The molecule has 0 bridgehead atoms. The SMILES string of the molecule is O=C1CCC2(c3ccc(F)cc3)Nc3cc([N+](=O)[O-])ccc3N12. The summed E-state index contributed by atoms with van der Waals surface area (Å²) in [4.78, 5) is 24.5. The molecular formula is C16H12FN3O3. The van der Waals surface area contributed by atoms with Gasteiger partial charge in [0.2, 0.25) is 5.91 Å². The van der Waals surface area contributed by atoms with Crippen molar-refractivity contribution in [2.45, 2.75) is 18.5 Å². The van der Waals surface area contributed by atoms with Crippen molar-refractivity contribution >= 4 is 23.0 Å². The van der Waals surface area contributed by atoms with Crippen LogP contribution in [0.1, 0.15) is 18.4 Å². The lowest BCUT2D eigenvalue weighted by Crippen LogP contribution is -2.44. The molecule has 1 fully saturated rings. The smallest absolute Gasteiger partial charge is 0.271 e. The van der Waals surface area contributed by atoms with E-state index in [-0.39, 0.29) is 17.4 Å². The summed E-state index contributed by atoms with van der Waals surface area (Å²) in [6.07, 6.45) is 0.876. The molecule has 1 atom stereocenters. The zero-order chi connectivity index (χ0) is 16.2. The van der Waals surface area contributed by atoms with E-state index in [9.17, 15) is 19.3 Å². The van der Waals surface area contributed by atoms with E-state index in [2.05, 4.69) is 5.32 Å². The van der Waals surface area contributed by atoms with Gasteiger partial charge in [-0.3, -0.25) is 19.8 Å². The van der Waals surface area contributed by atoms with Crippen LogP contribution >= 0.6 is 0 Å². The second-order valence-corrected chi connectivity index (χ2v) is 5.68. The molecule has 2 heterocycles. The van der Waals surface area contributed by atoms with Crippen LogP contribution in [0.4, 0.5) is 21.5 Å². The van der Waals surface area contributed by atoms with Crippen LogP contribution in [-0.2, 0) is 10.5 Å². The van der Waals surface area contributed by atoms with Gasteiger partial charge >= 0.3 is 0 Å². The number of nitro groups is 1. The molecular weight excluding hydrogens is 301 g/mol. The number of anilines is 2. The molecule has 1 N–H and O–H groups in total. The number of carbonyl (C=O) groups is 1. The van der Waals surface area contributed by atoms with Crippen LogP contribution in [0.15, 0.2) is 42.5 Å². The summed E-state index contributed by atoms with van der Waals surface area (Å²) < 4.78 is 13.2. The van der Waals surface area contributed by atoms with E-state index in [4.69, 9.17) is 0 Å². The Morgan fingerprint density at radius 3 is 2.65 bits per heavy atom. The van der Waals surface area contributed by atoms with E-state index in [0.717, 1.165) is 5.56 Å². The number of halogens is 1. The van der Waals surface area contributed by atoms with Gasteiger partial charge in [0.15, 0.2) is 0 Å². The fourth-order valence-corrected chi connectivity index (χ4v) is 3.41. The van der Waals surface area contributed by atoms with Crippen LogP contribution in [0, 0.1) is 15.9 Å². The number of rotatable bonds is 2. The Kier molecular flexibility index (Phi) is 2.69. The molecule has 4 rings (SSSR count). The molecule has 2 aliphatic heterocycles. The lowest BCUT2D eigenvalue weighted by atomic mass is 9.97. The fourth-order valence-electron chi connectivity index (χ4n) is 3.41. The predicted octanol–water partition coefficient (Wildman–Crippen LogP) is 3.14. The maximum absolute atomic E-state index is 13.2. The van der Waals surface area contributed by atoms with Gasteiger partial charge in [-0.2, -0.15) is 0 Å². The average molecular weight is 313 g/mol. The number of hydrogen-bond donors (Lipinski definition) is 1. The van der Waals surface area contributed by atoms with Crippen LogP contribution in [0.2, 0.25) is 0 Å². The number of fused-ring (bicyclic) bond motifs is 3. The highest BCUT2D eigenvalue weighted by Gasteiger charge is 2.52. The number of nitro benzene ring substituents is 1. The van der Waals surface area contributed by atoms with E-state index in [1.165, 1.54) is 24.3 Å². The van der Waals surface area contributed by atoms with Crippen LogP contribution < -0.4 is 10.2 Å². The molecule has 7 heteroatoms. The van der Waals surface area contributed by atoms with Gasteiger partial charge in [-0.25, -0.2) is 4.39 Å². The second kappa shape index (κ2) is 4.52. The minimum Gasteiger partial charge on any atom is -0.357 e. The summed E-state index contributed by atoms with van der Waals surface area (Å²) in [6, 6.07) is 10.3. The van der Waals surface area contributed by atoms with E-state index >= 15 is 0 Å². The third kappa shape index (κ3) is 1.82. The first kappa shape index (κ1) is 13.7. The minimum atomic E-state index is -0.803. The number of carbonyl (C=O) groups excluding carboxylic acids is 1. The quantitative estimate of drug-likeness (QED) is 0.682. The number of benzene rings is 2. The van der Waals surface area contributed by atoms with E-state index in [1.807, 2.05) is 0 Å². The summed E-state index contributed by atoms with van der Waals surface area (Å²) in [7, 11) is 0. The molecule has 0 spiro atoms. The normalized spacial score (nSPS) is 21.8. The van der Waals surface area contributed by atoms with Gasteiger partial charge in [0.25, 0.3) is 5.69 Å². The Balaban J connectivity index is 1.86. The van der Waals surface area contributed by atoms with Gasteiger partial charge < -0.3 is 5.32 Å². The lowest BCUT2D eigenvalue weighted by molar-refractivity contribution is -0.384. The summed E-state index contributed by atoms with van der Waals surface area (Å²) in [6.45, 7) is 0. The van der Waals surface area contributed by atoms with Crippen LogP contribution in [0.3, 0.4) is 0 Å². The van der Waals surface area contributed by atoms with E-state index < -0.39 is 10.6 Å².